The third kappa shape index (κ3) is 5.83. The molecular weight excluding hydrogens is 268 g/mol. The number of rotatable bonds is 7. The summed E-state index contributed by atoms with van der Waals surface area (Å²) in [4.78, 5) is 14.1. The molecule has 5 heteroatoms. The average Bonchev–Trinajstić information content (AvgIpc) is 2.49. The average molecular weight is 292 g/mol. The maximum absolute atomic E-state index is 11.8. The number of morpholine rings is 1. The van der Waals surface area contributed by atoms with Crippen LogP contribution in [0.1, 0.15) is 18.4 Å². The van der Waals surface area contributed by atoms with Crippen molar-refractivity contribution in [2.75, 3.05) is 32.8 Å². The normalized spacial score (nSPS) is 19.4. The lowest BCUT2D eigenvalue weighted by atomic mass is 10.1. The maximum atomic E-state index is 11.8. The number of benzene rings is 1. The summed E-state index contributed by atoms with van der Waals surface area (Å²) in [7, 11) is 0. The van der Waals surface area contributed by atoms with Crippen molar-refractivity contribution < 1.29 is 14.6 Å². The molecule has 5 nitrogen and oxygen atoms in total. The number of carbonyl (C=O) groups excluding carboxylic acids is 1. The predicted molar refractivity (Wildman–Crippen MR) is 80.8 cm³/mol. The van der Waals surface area contributed by atoms with Gasteiger partial charge in [-0.1, -0.05) is 30.3 Å². The quantitative estimate of drug-likeness (QED) is 0.729. The Hall–Kier alpha value is -1.43. The fraction of sp³-hybridized carbons (Fsp3) is 0.562. The Labute approximate surface area is 125 Å². The van der Waals surface area contributed by atoms with Crippen molar-refractivity contribution in [3.05, 3.63) is 35.9 Å². The first kappa shape index (κ1) is 15.9. The molecule has 2 rings (SSSR count). The molecule has 0 radical (unpaired) electrons. The number of hydrogen-bond donors (Lipinski definition) is 2. The monoisotopic (exact) mass is 292 g/mol. The molecule has 1 saturated heterocycles. The van der Waals surface area contributed by atoms with Gasteiger partial charge in [-0.05, 0) is 12.0 Å². The van der Waals surface area contributed by atoms with Crippen LogP contribution in [0.2, 0.25) is 0 Å². The van der Waals surface area contributed by atoms with E-state index in [2.05, 4.69) is 22.3 Å². The molecule has 0 aliphatic carbocycles. The molecule has 1 aliphatic rings. The Morgan fingerprint density at radius 3 is 2.95 bits per heavy atom. The maximum Gasteiger partial charge on any atom is 0.222 e. The molecule has 1 aromatic rings. The standard InChI is InChI=1S/C16H24N2O3/c19-9-4-7-17-16(20)11-15-13-18(8-10-21-15)12-14-5-2-1-3-6-14/h1-3,5-6,15,19H,4,7-13H2,(H,17,20). The van der Waals surface area contributed by atoms with E-state index in [1.807, 2.05) is 18.2 Å². The number of nitrogens with zero attached hydrogens (tertiary/aromatic N) is 1. The number of aliphatic hydroxyl groups is 1. The summed E-state index contributed by atoms with van der Waals surface area (Å²) in [5.41, 5.74) is 1.28. The van der Waals surface area contributed by atoms with Crippen LogP contribution in [0.5, 0.6) is 0 Å². The topological polar surface area (TPSA) is 61.8 Å². The molecule has 2 N–H and O–H groups in total. The van der Waals surface area contributed by atoms with E-state index in [0.29, 0.717) is 26.0 Å². The molecule has 0 aromatic heterocycles. The van der Waals surface area contributed by atoms with Crippen LogP contribution < -0.4 is 5.32 Å². The first-order valence-corrected chi connectivity index (χ1v) is 7.53. The van der Waals surface area contributed by atoms with Gasteiger partial charge < -0.3 is 15.2 Å². The molecule has 1 unspecified atom stereocenters. The summed E-state index contributed by atoms with van der Waals surface area (Å²) in [5.74, 6) is -0.00462. The number of carbonyl (C=O) groups is 1. The zero-order valence-electron chi connectivity index (χ0n) is 12.3. The van der Waals surface area contributed by atoms with Gasteiger partial charge in [0, 0.05) is 32.8 Å². The summed E-state index contributed by atoms with van der Waals surface area (Å²) >= 11 is 0. The van der Waals surface area contributed by atoms with E-state index in [1.165, 1.54) is 5.56 Å². The van der Waals surface area contributed by atoms with Crippen LogP contribution in [0.25, 0.3) is 0 Å². The van der Waals surface area contributed by atoms with Gasteiger partial charge in [0.2, 0.25) is 5.91 Å². The van der Waals surface area contributed by atoms with Crippen LogP contribution >= 0.6 is 0 Å². The highest BCUT2D eigenvalue weighted by Crippen LogP contribution is 2.12. The molecule has 1 atom stereocenters. The number of ether oxygens (including phenoxy) is 1. The van der Waals surface area contributed by atoms with Gasteiger partial charge in [0.1, 0.15) is 0 Å². The van der Waals surface area contributed by atoms with Crippen molar-refractivity contribution in [1.29, 1.82) is 0 Å². The highest BCUT2D eigenvalue weighted by molar-refractivity contribution is 5.76. The van der Waals surface area contributed by atoms with Gasteiger partial charge in [0.05, 0.1) is 19.1 Å². The van der Waals surface area contributed by atoms with Gasteiger partial charge in [0.15, 0.2) is 0 Å². The highest BCUT2D eigenvalue weighted by atomic mass is 16.5. The minimum atomic E-state index is -0.0448. The molecule has 1 aliphatic heterocycles. The summed E-state index contributed by atoms with van der Waals surface area (Å²) < 4.78 is 5.67. The van der Waals surface area contributed by atoms with Crippen molar-refractivity contribution in [2.24, 2.45) is 0 Å². The van der Waals surface area contributed by atoms with Gasteiger partial charge in [-0.3, -0.25) is 9.69 Å². The van der Waals surface area contributed by atoms with Crippen molar-refractivity contribution in [3.8, 4) is 0 Å². The van der Waals surface area contributed by atoms with Crippen molar-refractivity contribution in [3.63, 3.8) is 0 Å². The molecule has 0 bridgehead atoms. The summed E-state index contributed by atoms with van der Waals surface area (Å²) in [6, 6.07) is 10.3. The van der Waals surface area contributed by atoms with Gasteiger partial charge in [-0.25, -0.2) is 0 Å². The largest absolute Gasteiger partial charge is 0.396 e. The molecule has 0 spiro atoms. The third-order valence-electron chi connectivity index (χ3n) is 3.54. The van der Waals surface area contributed by atoms with Gasteiger partial charge >= 0.3 is 0 Å². The SMILES string of the molecule is O=C(CC1CN(Cc2ccccc2)CCO1)NCCCO. The van der Waals surface area contributed by atoms with Gasteiger partial charge in [-0.15, -0.1) is 0 Å². The Kier molecular flexibility index (Phi) is 6.66. The second-order valence-electron chi connectivity index (χ2n) is 5.34. The predicted octanol–water partition coefficient (Wildman–Crippen LogP) is 0.776. The Balaban J connectivity index is 1.74. The number of amides is 1. The fourth-order valence-corrected chi connectivity index (χ4v) is 2.47. The minimum Gasteiger partial charge on any atom is -0.396 e. The molecule has 116 valence electrons. The van der Waals surface area contributed by atoms with Crippen LogP contribution in [0.15, 0.2) is 30.3 Å². The molecule has 1 amide bonds. The Morgan fingerprint density at radius 2 is 2.19 bits per heavy atom. The second-order valence-corrected chi connectivity index (χ2v) is 5.34. The van der Waals surface area contributed by atoms with Gasteiger partial charge in [-0.2, -0.15) is 0 Å². The highest BCUT2D eigenvalue weighted by Gasteiger charge is 2.22. The van der Waals surface area contributed by atoms with Crippen LogP contribution in [-0.2, 0) is 16.1 Å². The van der Waals surface area contributed by atoms with E-state index in [-0.39, 0.29) is 18.6 Å². The summed E-state index contributed by atoms with van der Waals surface area (Å²) in [6.45, 7) is 3.87. The van der Waals surface area contributed by atoms with E-state index in [4.69, 9.17) is 9.84 Å². The van der Waals surface area contributed by atoms with E-state index in [0.717, 1.165) is 19.6 Å². The Bertz CT molecular complexity index is 425. The number of nitrogens with one attached hydrogen (secondary N) is 1. The molecule has 21 heavy (non-hydrogen) atoms. The summed E-state index contributed by atoms with van der Waals surface area (Å²) in [6.07, 6.45) is 0.935. The van der Waals surface area contributed by atoms with E-state index < -0.39 is 0 Å². The molecule has 1 aromatic carbocycles. The van der Waals surface area contributed by atoms with E-state index in [9.17, 15) is 4.79 Å². The van der Waals surface area contributed by atoms with E-state index in [1.54, 1.807) is 0 Å². The van der Waals surface area contributed by atoms with Crippen LogP contribution in [0, 0.1) is 0 Å². The van der Waals surface area contributed by atoms with Crippen molar-refractivity contribution in [2.45, 2.75) is 25.5 Å². The zero-order valence-corrected chi connectivity index (χ0v) is 12.3. The first-order valence-electron chi connectivity index (χ1n) is 7.53. The lowest BCUT2D eigenvalue weighted by Gasteiger charge is -2.32. The molecular formula is C16H24N2O3. The lowest BCUT2D eigenvalue weighted by molar-refractivity contribution is -0.126. The molecule has 0 saturated carbocycles. The number of hydrogen-bond acceptors (Lipinski definition) is 4. The summed E-state index contributed by atoms with van der Waals surface area (Å²) in [5, 5.41) is 11.5. The fourth-order valence-electron chi connectivity index (χ4n) is 2.47. The van der Waals surface area contributed by atoms with Gasteiger partial charge in [0.25, 0.3) is 0 Å². The smallest absolute Gasteiger partial charge is 0.222 e. The molecule has 1 fully saturated rings. The number of aliphatic hydroxyl groups excluding tert-OH is 1. The first-order chi connectivity index (χ1) is 10.3. The Morgan fingerprint density at radius 1 is 1.38 bits per heavy atom. The van der Waals surface area contributed by atoms with E-state index >= 15 is 0 Å². The lowest BCUT2D eigenvalue weighted by Crippen LogP contribution is -2.44. The zero-order chi connectivity index (χ0) is 14.9. The van der Waals surface area contributed by atoms with Crippen LogP contribution in [0.3, 0.4) is 0 Å². The van der Waals surface area contributed by atoms with Crippen LogP contribution in [-0.4, -0.2) is 54.9 Å². The third-order valence-corrected chi connectivity index (χ3v) is 3.54. The minimum absolute atomic E-state index is 0.00462. The van der Waals surface area contributed by atoms with Crippen molar-refractivity contribution >= 4 is 5.91 Å². The van der Waals surface area contributed by atoms with Crippen LogP contribution in [0.4, 0.5) is 0 Å². The van der Waals surface area contributed by atoms with Crippen molar-refractivity contribution in [1.82, 2.24) is 10.2 Å². The molecule has 1 heterocycles. The second kappa shape index (κ2) is 8.77.